The van der Waals surface area contributed by atoms with Crippen LogP contribution in [0, 0.1) is 6.92 Å². The minimum absolute atomic E-state index is 0.150. The van der Waals surface area contributed by atoms with Gasteiger partial charge in [0.05, 0.1) is 6.04 Å². The lowest BCUT2D eigenvalue weighted by atomic mass is 10.1. The van der Waals surface area contributed by atoms with E-state index < -0.39 is 0 Å². The molecule has 5 nitrogen and oxygen atoms in total. The molecule has 2 rings (SSSR count). The van der Waals surface area contributed by atoms with E-state index in [1.165, 1.54) is 0 Å². The van der Waals surface area contributed by atoms with Crippen molar-refractivity contribution >= 4 is 0 Å². The number of nitrogens with one attached hydrogen (secondary N) is 1. The first-order chi connectivity index (χ1) is 8.20. The Morgan fingerprint density at radius 3 is 2.82 bits per heavy atom. The molecule has 0 aliphatic rings. The van der Waals surface area contributed by atoms with Crippen LogP contribution in [0.1, 0.15) is 30.3 Å². The summed E-state index contributed by atoms with van der Waals surface area (Å²) in [5.74, 6) is 2.83. The maximum Gasteiger partial charge on any atom is 0.138 e. The molecule has 0 bridgehead atoms. The van der Waals surface area contributed by atoms with Crippen molar-refractivity contribution in [2.75, 3.05) is 6.54 Å². The summed E-state index contributed by atoms with van der Waals surface area (Å²) in [5, 5.41) is 7.48. The molecule has 92 valence electrons. The van der Waals surface area contributed by atoms with Gasteiger partial charge in [0.1, 0.15) is 23.7 Å². The summed E-state index contributed by atoms with van der Waals surface area (Å²) < 4.78 is 7.46. The highest BCUT2D eigenvalue weighted by Gasteiger charge is 2.17. The Labute approximate surface area is 101 Å². The second kappa shape index (κ2) is 5.14. The molecule has 1 atom stereocenters. The highest BCUT2D eigenvalue weighted by molar-refractivity contribution is 5.11. The first kappa shape index (κ1) is 11.9. The van der Waals surface area contributed by atoms with E-state index in [2.05, 4.69) is 22.3 Å². The van der Waals surface area contributed by atoms with Crippen LogP contribution in [0.2, 0.25) is 0 Å². The molecule has 5 heteroatoms. The van der Waals surface area contributed by atoms with Crippen molar-refractivity contribution in [2.24, 2.45) is 7.05 Å². The summed E-state index contributed by atoms with van der Waals surface area (Å²) in [6.45, 7) is 4.93. The third kappa shape index (κ3) is 2.74. The summed E-state index contributed by atoms with van der Waals surface area (Å²) in [4.78, 5) is 4.24. The number of aromatic nitrogens is 3. The quantitative estimate of drug-likeness (QED) is 0.854. The van der Waals surface area contributed by atoms with Crippen molar-refractivity contribution in [2.45, 2.75) is 26.3 Å². The molecule has 1 unspecified atom stereocenters. The third-order valence-corrected chi connectivity index (χ3v) is 2.75. The minimum Gasteiger partial charge on any atom is -0.465 e. The lowest BCUT2D eigenvalue weighted by Crippen LogP contribution is -2.23. The van der Waals surface area contributed by atoms with E-state index in [9.17, 15) is 0 Å². The minimum atomic E-state index is 0.150. The van der Waals surface area contributed by atoms with Crippen LogP contribution in [-0.4, -0.2) is 21.3 Å². The van der Waals surface area contributed by atoms with E-state index in [1.807, 2.05) is 26.1 Å². The number of hydrogen-bond acceptors (Lipinski definition) is 4. The standard InChI is InChI=1S/C12H18N4O/c1-4-13-10(11-6-5-9(2)17-11)7-12-14-8-15-16(12)3/h5-6,8,10,13H,4,7H2,1-3H3. The van der Waals surface area contributed by atoms with E-state index in [0.717, 1.165) is 30.3 Å². The van der Waals surface area contributed by atoms with Crippen molar-refractivity contribution in [1.82, 2.24) is 20.1 Å². The fourth-order valence-corrected chi connectivity index (χ4v) is 1.85. The van der Waals surface area contributed by atoms with Gasteiger partial charge in [0.15, 0.2) is 0 Å². The molecule has 0 aromatic carbocycles. The molecule has 0 saturated heterocycles. The summed E-state index contributed by atoms with van der Waals surface area (Å²) >= 11 is 0. The van der Waals surface area contributed by atoms with Crippen molar-refractivity contribution < 1.29 is 4.42 Å². The van der Waals surface area contributed by atoms with E-state index in [1.54, 1.807) is 11.0 Å². The first-order valence-electron chi connectivity index (χ1n) is 5.83. The van der Waals surface area contributed by atoms with Crippen LogP contribution in [0.3, 0.4) is 0 Å². The molecule has 0 aliphatic heterocycles. The van der Waals surface area contributed by atoms with Gasteiger partial charge in [-0.3, -0.25) is 4.68 Å². The van der Waals surface area contributed by atoms with Gasteiger partial charge in [-0.15, -0.1) is 0 Å². The van der Waals surface area contributed by atoms with Crippen molar-refractivity contribution in [3.05, 3.63) is 35.8 Å². The zero-order valence-electron chi connectivity index (χ0n) is 10.5. The highest BCUT2D eigenvalue weighted by atomic mass is 16.3. The Bertz CT molecular complexity index is 474. The second-order valence-electron chi connectivity index (χ2n) is 4.06. The maximum atomic E-state index is 5.67. The molecule has 0 spiro atoms. The molecular formula is C12H18N4O. The monoisotopic (exact) mass is 234 g/mol. The van der Waals surface area contributed by atoms with Gasteiger partial charge in [0.2, 0.25) is 0 Å². The maximum absolute atomic E-state index is 5.67. The molecule has 0 saturated carbocycles. The number of rotatable bonds is 5. The van der Waals surface area contributed by atoms with Crippen LogP contribution in [0.4, 0.5) is 0 Å². The predicted molar refractivity (Wildman–Crippen MR) is 64.6 cm³/mol. The smallest absolute Gasteiger partial charge is 0.138 e. The number of likely N-dealkylation sites (N-methyl/N-ethyl adjacent to an activating group) is 1. The second-order valence-corrected chi connectivity index (χ2v) is 4.06. The van der Waals surface area contributed by atoms with Crippen LogP contribution in [0.5, 0.6) is 0 Å². The van der Waals surface area contributed by atoms with Gasteiger partial charge in [-0.25, -0.2) is 4.98 Å². The predicted octanol–water partition coefficient (Wildman–Crippen LogP) is 1.61. The van der Waals surface area contributed by atoms with E-state index >= 15 is 0 Å². The van der Waals surface area contributed by atoms with E-state index in [4.69, 9.17) is 4.42 Å². The molecule has 2 aromatic heterocycles. The average Bonchev–Trinajstić information content (AvgIpc) is 2.88. The molecule has 17 heavy (non-hydrogen) atoms. The van der Waals surface area contributed by atoms with E-state index in [0.29, 0.717) is 0 Å². The molecule has 0 amide bonds. The topological polar surface area (TPSA) is 55.9 Å². The zero-order chi connectivity index (χ0) is 12.3. The van der Waals surface area contributed by atoms with Gasteiger partial charge in [0, 0.05) is 13.5 Å². The van der Waals surface area contributed by atoms with Gasteiger partial charge < -0.3 is 9.73 Å². The van der Waals surface area contributed by atoms with Crippen molar-refractivity contribution in [3.63, 3.8) is 0 Å². The normalized spacial score (nSPS) is 12.9. The molecule has 2 aromatic rings. The van der Waals surface area contributed by atoms with Crippen LogP contribution < -0.4 is 5.32 Å². The lowest BCUT2D eigenvalue weighted by molar-refractivity contribution is 0.396. The number of aryl methyl sites for hydroxylation is 2. The Morgan fingerprint density at radius 1 is 1.47 bits per heavy atom. The average molecular weight is 234 g/mol. The number of furan rings is 1. The van der Waals surface area contributed by atoms with Gasteiger partial charge >= 0.3 is 0 Å². The number of nitrogens with zero attached hydrogens (tertiary/aromatic N) is 3. The van der Waals surface area contributed by atoms with Gasteiger partial charge in [-0.2, -0.15) is 5.10 Å². The fraction of sp³-hybridized carbons (Fsp3) is 0.500. The highest BCUT2D eigenvalue weighted by Crippen LogP contribution is 2.19. The third-order valence-electron chi connectivity index (χ3n) is 2.75. The Morgan fingerprint density at radius 2 is 2.29 bits per heavy atom. The van der Waals surface area contributed by atoms with Crippen molar-refractivity contribution in [3.8, 4) is 0 Å². The van der Waals surface area contributed by atoms with E-state index in [-0.39, 0.29) is 6.04 Å². The molecule has 2 heterocycles. The van der Waals surface area contributed by atoms with Crippen LogP contribution >= 0.6 is 0 Å². The summed E-state index contributed by atoms with van der Waals surface area (Å²) in [6.07, 6.45) is 2.35. The molecule has 1 N–H and O–H groups in total. The van der Waals surface area contributed by atoms with Gasteiger partial charge in [-0.05, 0) is 25.6 Å². The van der Waals surface area contributed by atoms with Crippen LogP contribution in [0.15, 0.2) is 22.9 Å². The SMILES string of the molecule is CCNC(Cc1ncnn1C)c1ccc(C)o1. The summed E-state index contributed by atoms with van der Waals surface area (Å²) in [5.41, 5.74) is 0. The lowest BCUT2D eigenvalue weighted by Gasteiger charge is -2.14. The van der Waals surface area contributed by atoms with Crippen LogP contribution in [0.25, 0.3) is 0 Å². The zero-order valence-corrected chi connectivity index (χ0v) is 10.5. The summed E-state index contributed by atoms with van der Waals surface area (Å²) in [6, 6.07) is 4.15. The largest absolute Gasteiger partial charge is 0.465 e. The fourth-order valence-electron chi connectivity index (χ4n) is 1.85. The first-order valence-corrected chi connectivity index (χ1v) is 5.83. The molecule has 0 aliphatic carbocycles. The van der Waals surface area contributed by atoms with Gasteiger partial charge in [-0.1, -0.05) is 6.92 Å². The molecule has 0 fully saturated rings. The Balaban J connectivity index is 2.15. The van der Waals surface area contributed by atoms with Gasteiger partial charge in [0.25, 0.3) is 0 Å². The molecular weight excluding hydrogens is 216 g/mol. The Hall–Kier alpha value is -1.62. The summed E-state index contributed by atoms with van der Waals surface area (Å²) in [7, 11) is 1.90. The number of hydrogen-bond donors (Lipinski definition) is 1. The van der Waals surface area contributed by atoms with Crippen LogP contribution in [-0.2, 0) is 13.5 Å². The molecule has 0 radical (unpaired) electrons. The Kier molecular flexibility index (Phi) is 3.58. The van der Waals surface area contributed by atoms with Crippen molar-refractivity contribution in [1.29, 1.82) is 0 Å².